The molecule has 1 rings (SSSR count). The lowest BCUT2D eigenvalue weighted by molar-refractivity contribution is 0.101. The van der Waals surface area contributed by atoms with E-state index < -0.39 is 0 Å². The lowest BCUT2D eigenvalue weighted by atomic mass is 10.1. The highest BCUT2D eigenvalue weighted by molar-refractivity contribution is 14.1. The highest BCUT2D eigenvalue weighted by Crippen LogP contribution is 2.25. The lowest BCUT2D eigenvalue weighted by Gasteiger charge is -2.03. The van der Waals surface area contributed by atoms with E-state index in [-0.39, 0.29) is 5.78 Å². The fourth-order valence-corrected chi connectivity index (χ4v) is 1.83. The number of aldehydes is 1. The van der Waals surface area contributed by atoms with Crippen molar-refractivity contribution in [3.63, 3.8) is 0 Å². The number of halogens is 2. The number of hydrogen-bond acceptors (Lipinski definition) is 2. The summed E-state index contributed by atoms with van der Waals surface area (Å²) in [5.41, 5.74) is 0.965. The first-order chi connectivity index (χ1) is 6.07. The highest BCUT2D eigenvalue weighted by Gasteiger charge is 2.11. The SMILES string of the molecule is CC(=O)c1ccc(C=O)c(I)c1Cl. The standard InChI is InChI=1S/C9H6ClIO2/c1-5(13)7-3-2-6(4-12)9(11)8(7)10/h2-4H,1H3. The fraction of sp³-hybridized carbons (Fsp3) is 0.111. The van der Waals surface area contributed by atoms with Crippen molar-refractivity contribution in [2.45, 2.75) is 6.92 Å². The Morgan fingerprint density at radius 3 is 2.62 bits per heavy atom. The van der Waals surface area contributed by atoms with E-state index >= 15 is 0 Å². The Bertz CT molecular complexity index is 374. The van der Waals surface area contributed by atoms with Crippen LogP contribution < -0.4 is 0 Å². The third-order valence-corrected chi connectivity index (χ3v) is 3.49. The van der Waals surface area contributed by atoms with Crippen molar-refractivity contribution >= 4 is 46.3 Å². The fourth-order valence-electron chi connectivity index (χ4n) is 0.927. The largest absolute Gasteiger partial charge is 0.298 e. The van der Waals surface area contributed by atoms with E-state index in [1.165, 1.54) is 6.92 Å². The van der Waals surface area contributed by atoms with Crippen molar-refractivity contribution in [1.82, 2.24) is 0 Å². The van der Waals surface area contributed by atoms with Gasteiger partial charge >= 0.3 is 0 Å². The number of carbonyl (C=O) groups is 2. The number of ketones is 1. The first kappa shape index (κ1) is 10.7. The second kappa shape index (κ2) is 4.19. The van der Waals surface area contributed by atoms with Crippen LogP contribution in [0.3, 0.4) is 0 Å². The summed E-state index contributed by atoms with van der Waals surface area (Å²) in [7, 11) is 0. The van der Waals surface area contributed by atoms with Crippen molar-refractivity contribution in [1.29, 1.82) is 0 Å². The Morgan fingerprint density at radius 2 is 2.15 bits per heavy atom. The van der Waals surface area contributed by atoms with Crippen LogP contribution in [0.4, 0.5) is 0 Å². The third-order valence-electron chi connectivity index (χ3n) is 1.62. The molecular formula is C9H6ClIO2. The molecule has 1 aromatic rings. The van der Waals surface area contributed by atoms with Crippen molar-refractivity contribution in [3.8, 4) is 0 Å². The van der Waals surface area contributed by atoms with Gasteiger partial charge in [0, 0.05) is 14.7 Å². The van der Waals surface area contributed by atoms with Crippen molar-refractivity contribution in [2.75, 3.05) is 0 Å². The van der Waals surface area contributed by atoms with Gasteiger partial charge in [-0.25, -0.2) is 0 Å². The second-order valence-electron chi connectivity index (χ2n) is 2.50. The number of Topliss-reactive ketones (excluding diaryl/α,β-unsaturated/α-hetero) is 1. The maximum absolute atomic E-state index is 11.0. The molecule has 4 heteroatoms. The summed E-state index contributed by atoms with van der Waals surface area (Å²) in [4.78, 5) is 21.6. The molecule has 0 fully saturated rings. The number of rotatable bonds is 2. The molecule has 0 atom stereocenters. The van der Waals surface area contributed by atoms with Crippen LogP contribution in [0.15, 0.2) is 12.1 Å². The normalized spacial score (nSPS) is 9.77. The zero-order chi connectivity index (χ0) is 10.0. The Kier molecular flexibility index (Phi) is 3.44. The first-order valence-corrected chi connectivity index (χ1v) is 4.97. The van der Waals surface area contributed by atoms with E-state index in [0.29, 0.717) is 19.7 Å². The molecule has 0 bridgehead atoms. The molecular weight excluding hydrogens is 302 g/mol. The second-order valence-corrected chi connectivity index (χ2v) is 3.96. The van der Waals surface area contributed by atoms with E-state index in [0.717, 1.165) is 6.29 Å². The summed E-state index contributed by atoms with van der Waals surface area (Å²) in [6.07, 6.45) is 0.720. The minimum atomic E-state index is -0.0969. The maximum Gasteiger partial charge on any atom is 0.161 e. The van der Waals surface area contributed by atoms with E-state index in [1.54, 1.807) is 12.1 Å². The molecule has 0 N–H and O–H groups in total. The summed E-state index contributed by atoms with van der Waals surface area (Å²) in [6, 6.07) is 3.16. The average molecular weight is 309 g/mol. The third kappa shape index (κ3) is 2.08. The quantitative estimate of drug-likeness (QED) is 0.478. The zero-order valence-electron chi connectivity index (χ0n) is 6.80. The Morgan fingerprint density at radius 1 is 1.54 bits per heavy atom. The van der Waals surface area contributed by atoms with Crippen molar-refractivity contribution < 1.29 is 9.59 Å². The van der Waals surface area contributed by atoms with Crippen LogP contribution >= 0.6 is 34.2 Å². The Balaban J connectivity index is 3.39. The van der Waals surface area contributed by atoms with Gasteiger partial charge in [-0.15, -0.1) is 0 Å². The predicted molar refractivity (Wildman–Crippen MR) is 59.6 cm³/mol. The molecule has 0 aromatic heterocycles. The van der Waals surface area contributed by atoms with Gasteiger partial charge in [0.25, 0.3) is 0 Å². The van der Waals surface area contributed by atoms with Gasteiger partial charge in [0.15, 0.2) is 12.1 Å². The molecule has 0 amide bonds. The minimum Gasteiger partial charge on any atom is -0.298 e. The van der Waals surface area contributed by atoms with Gasteiger partial charge in [0.1, 0.15) is 0 Å². The van der Waals surface area contributed by atoms with Crippen LogP contribution in [-0.2, 0) is 0 Å². The summed E-state index contributed by atoms with van der Waals surface area (Å²) < 4.78 is 0.627. The number of hydrogen-bond donors (Lipinski definition) is 0. The molecule has 0 aliphatic heterocycles. The number of carbonyl (C=O) groups excluding carboxylic acids is 2. The monoisotopic (exact) mass is 308 g/mol. The molecule has 0 radical (unpaired) electrons. The number of benzene rings is 1. The van der Waals surface area contributed by atoms with Gasteiger partial charge in [0.05, 0.1) is 5.02 Å². The summed E-state index contributed by atoms with van der Waals surface area (Å²) >= 11 is 7.83. The van der Waals surface area contributed by atoms with Crippen molar-refractivity contribution in [2.24, 2.45) is 0 Å². The summed E-state index contributed by atoms with van der Waals surface area (Å²) in [5.74, 6) is -0.0969. The van der Waals surface area contributed by atoms with Crippen LogP contribution in [0.2, 0.25) is 5.02 Å². The lowest BCUT2D eigenvalue weighted by Crippen LogP contribution is -1.97. The van der Waals surface area contributed by atoms with E-state index in [9.17, 15) is 9.59 Å². The molecule has 0 saturated carbocycles. The van der Waals surface area contributed by atoms with Gasteiger partial charge in [-0.05, 0) is 41.6 Å². The molecule has 0 spiro atoms. The topological polar surface area (TPSA) is 34.1 Å². The first-order valence-electron chi connectivity index (χ1n) is 3.52. The van der Waals surface area contributed by atoms with Gasteiger partial charge in [-0.3, -0.25) is 9.59 Å². The molecule has 0 heterocycles. The van der Waals surface area contributed by atoms with E-state index in [1.807, 2.05) is 22.6 Å². The van der Waals surface area contributed by atoms with Gasteiger partial charge in [0.2, 0.25) is 0 Å². The average Bonchev–Trinajstić information content (AvgIpc) is 2.09. The smallest absolute Gasteiger partial charge is 0.161 e. The highest BCUT2D eigenvalue weighted by atomic mass is 127. The van der Waals surface area contributed by atoms with Crippen LogP contribution in [0.5, 0.6) is 0 Å². The van der Waals surface area contributed by atoms with Gasteiger partial charge in [-0.1, -0.05) is 11.6 Å². The molecule has 0 unspecified atom stereocenters. The minimum absolute atomic E-state index is 0.0969. The van der Waals surface area contributed by atoms with Crippen LogP contribution in [0.1, 0.15) is 27.6 Å². The van der Waals surface area contributed by atoms with Crippen LogP contribution in [-0.4, -0.2) is 12.1 Å². The molecule has 1 aromatic carbocycles. The summed E-state index contributed by atoms with van der Waals surface area (Å²) in [5, 5.41) is 0.359. The van der Waals surface area contributed by atoms with E-state index in [4.69, 9.17) is 11.6 Å². The van der Waals surface area contributed by atoms with Crippen LogP contribution in [0, 0.1) is 3.57 Å². The van der Waals surface area contributed by atoms with E-state index in [2.05, 4.69) is 0 Å². The van der Waals surface area contributed by atoms with Crippen LogP contribution in [0.25, 0.3) is 0 Å². The maximum atomic E-state index is 11.0. The zero-order valence-corrected chi connectivity index (χ0v) is 9.72. The van der Waals surface area contributed by atoms with Gasteiger partial charge in [-0.2, -0.15) is 0 Å². The molecule has 2 nitrogen and oxygen atoms in total. The molecule has 0 aliphatic rings. The van der Waals surface area contributed by atoms with Gasteiger partial charge < -0.3 is 0 Å². The molecule has 68 valence electrons. The predicted octanol–water partition coefficient (Wildman–Crippen LogP) is 2.96. The Hall–Kier alpha value is -0.420. The molecule has 13 heavy (non-hydrogen) atoms. The molecule has 0 saturated heterocycles. The summed E-state index contributed by atoms with van der Waals surface area (Å²) in [6.45, 7) is 1.44. The molecule has 0 aliphatic carbocycles. The Labute approximate surface area is 94.4 Å². The van der Waals surface area contributed by atoms with Crippen molar-refractivity contribution in [3.05, 3.63) is 31.9 Å².